The Kier molecular flexibility index (Phi) is 5.09. The van der Waals surface area contributed by atoms with Gasteiger partial charge in [0.2, 0.25) is 5.91 Å². The highest BCUT2D eigenvalue weighted by atomic mass is 16.2. The molecule has 0 bridgehead atoms. The predicted molar refractivity (Wildman–Crippen MR) is 106 cm³/mol. The molecular formula is C20H20N6O2. The van der Waals surface area contributed by atoms with Crippen LogP contribution in [0.15, 0.2) is 53.3 Å². The predicted octanol–water partition coefficient (Wildman–Crippen LogP) is 1.81. The van der Waals surface area contributed by atoms with Crippen LogP contribution in [0.3, 0.4) is 0 Å². The molecule has 0 saturated carbocycles. The van der Waals surface area contributed by atoms with Gasteiger partial charge in [-0.1, -0.05) is 29.5 Å². The number of rotatable bonds is 7. The Morgan fingerprint density at radius 2 is 1.86 bits per heavy atom. The lowest BCUT2D eigenvalue weighted by atomic mass is 10.2. The number of nitrogens with one attached hydrogen (secondary N) is 2. The van der Waals surface area contributed by atoms with Crippen molar-refractivity contribution in [1.29, 1.82) is 0 Å². The van der Waals surface area contributed by atoms with Crippen molar-refractivity contribution >= 4 is 27.8 Å². The summed E-state index contributed by atoms with van der Waals surface area (Å²) >= 11 is 0. The van der Waals surface area contributed by atoms with E-state index < -0.39 is 0 Å². The van der Waals surface area contributed by atoms with Gasteiger partial charge in [-0.3, -0.25) is 9.59 Å². The van der Waals surface area contributed by atoms with E-state index in [2.05, 4.69) is 25.6 Å². The molecular weight excluding hydrogens is 356 g/mol. The number of hydrogen-bond donors (Lipinski definition) is 2. The maximum absolute atomic E-state index is 12.4. The zero-order valence-electron chi connectivity index (χ0n) is 15.3. The second-order valence-electron chi connectivity index (χ2n) is 6.54. The van der Waals surface area contributed by atoms with Crippen molar-refractivity contribution in [2.45, 2.75) is 25.8 Å². The second-order valence-corrected chi connectivity index (χ2v) is 6.54. The van der Waals surface area contributed by atoms with Crippen LogP contribution >= 0.6 is 0 Å². The Balaban J connectivity index is 1.25. The van der Waals surface area contributed by atoms with Gasteiger partial charge in [0, 0.05) is 19.4 Å². The first-order valence-corrected chi connectivity index (χ1v) is 9.23. The number of H-pyrrole nitrogens is 1. The van der Waals surface area contributed by atoms with Crippen LogP contribution in [0.25, 0.3) is 21.9 Å². The summed E-state index contributed by atoms with van der Waals surface area (Å²) in [5, 5.41) is 11.3. The zero-order valence-corrected chi connectivity index (χ0v) is 15.3. The number of hydrogen-bond acceptors (Lipinski definition) is 5. The molecule has 0 atom stereocenters. The van der Waals surface area contributed by atoms with Crippen molar-refractivity contribution in [2.75, 3.05) is 6.54 Å². The van der Waals surface area contributed by atoms with Gasteiger partial charge in [-0.25, -0.2) is 9.67 Å². The van der Waals surface area contributed by atoms with Gasteiger partial charge in [0.05, 0.1) is 23.0 Å². The lowest BCUT2D eigenvalue weighted by Crippen LogP contribution is -2.30. The molecule has 4 rings (SSSR count). The lowest BCUT2D eigenvalue weighted by molar-refractivity contribution is -0.121. The molecule has 2 aromatic carbocycles. The lowest BCUT2D eigenvalue weighted by Gasteiger charge is -2.06. The van der Waals surface area contributed by atoms with Crippen LogP contribution in [-0.4, -0.2) is 37.4 Å². The summed E-state index contributed by atoms with van der Waals surface area (Å²) in [5.74, 6) is 0.792. The molecule has 2 N–H and O–H groups in total. The van der Waals surface area contributed by atoms with Crippen LogP contribution in [0.4, 0.5) is 0 Å². The third-order valence-corrected chi connectivity index (χ3v) is 4.53. The van der Waals surface area contributed by atoms with Crippen LogP contribution < -0.4 is 10.9 Å². The smallest absolute Gasteiger partial charge is 0.277 e. The number of benzene rings is 2. The maximum Gasteiger partial charge on any atom is 0.277 e. The van der Waals surface area contributed by atoms with Crippen LogP contribution in [0.5, 0.6) is 0 Å². The van der Waals surface area contributed by atoms with Crippen LogP contribution in [-0.2, 0) is 17.8 Å². The van der Waals surface area contributed by atoms with E-state index in [0.29, 0.717) is 17.4 Å². The minimum Gasteiger partial charge on any atom is -0.356 e. The number of imidazole rings is 1. The number of carbonyl (C=O) groups excluding carboxylic acids is 1. The van der Waals surface area contributed by atoms with Crippen LogP contribution in [0.2, 0.25) is 0 Å². The fourth-order valence-electron chi connectivity index (χ4n) is 3.07. The molecule has 28 heavy (non-hydrogen) atoms. The fraction of sp³-hybridized carbons (Fsp3) is 0.250. The van der Waals surface area contributed by atoms with E-state index in [-0.39, 0.29) is 24.4 Å². The third kappa shape index (κ3) is 3.90. The normalized spacial score (nSPS) is 11.1. The Labute approximate surface area is 160 Å². The van der Waals surface area contributed by atoms with Crippen molar-refractivity contribution in [3.05, 3.63) is 64.7 Å². The molecule has 1 amide bonds. The summed E-state index contributed by atoms with van der Waals surface area (Å²) in [4.78, 5) is 32.2. The minimum atomic E-state index is -0.233. The van der Waals surface area contributed by atoms with Gasteiger partial charge in [0.1, 0.15) is 11.3 Å². The maximum atomic E-state index is 12.4. The largest absolute Gasteiger partial charge is 0.356 e. The minimum absolute atomic E-state index is 0.119. The van der Waals surface area contributed by atoms with E-state index in [1.165, 1.54) is 4.68 Å². The second kappa shape index (κ2) is 7.99. The molecule has 0 aliphatic rings. The molecule has 0 aliphatic heterocycles. The van der Waals surface area contributed by atoms with E-state index in [9.17, 15) is 9.59 Å². The highest BCUT2D eigenvalue weighted by Crippen LogP contribution is 2.11. The Bertz CT molecular complexity index is 1150. The van der Waals surface area contributed by atoms with E-state index in [4.69, 9.17) is 0 Å². The van der Waals surface area contributed by atoms with Crippen molar-refractivity contribution in [1.82, 2.24) is 30.3 Å². The number of nitrogens with zero attached hydrogens (tertiary/aromatic N) is 4. The molecule has 8 heteroatoms. The molecule has 2 heterocycles. The molecule has 0 aliphatic carbocycles. The Morgan fingerprint density at radius 3 is 2.71 bits per heavy atom. The van der Waals surface area contributed by atoms with Gasteiger partial charge < -0.3 is 10.3 Å². The number of carbonyl (C=O) groups is 1. The molecule has 0 spiro atoms. The molecule has 142 valence electrons. The van der Waals surface area contributed by atoms with E-state index in [1.807, 2.05) is 24.3 Å². The topological polar surface area (TPSA) is 106 Å². The molecule has 4 aromatic rings. The quantitative estimate of drug-likeness (QED) is 0.479. The van der Waals surface area contributed by atoms with Crippen molar-refractivity contribution in [3.63, 3.8) is 0 Å². The fourth-order valence-corrected chi connectivity index (χ4v) is 3.07. The Morgan fingerprint density at radius 1 is 1.07 bits per heavy atom. The third-order valence-electron chi connectivity index (χ3n) is 4.53. The molecule has 0 saturated heterocycles. The van der Waals surface area contributed by atoms with E-state index >= 15 is 0 Å². The molecule has 8 nitrogen and oxygen atoms in total. The van der Waals surface area contributed by atoms with E-state index in [0.717, 1.165) is 29.7 Å². The summed E-state index contributed by atoms with van der Waals surface area (Å²) in [6.45, 7) is 0.750. The number of amides is 1. The van der Waals surface area contributed by atoms with Crippen molar-refractivity contribution < 1.29 is 4.79 Å². The summed E-state index contributed by atoms with van der Waals surface area (Å²) < 4.78 is 1.23. The van der Waals surface area contributed by atoms with Gasteiger partial charge in [0.15, 0.2) is 0 Å². The average molecular weight is 376 g/mol. The van der Waals surface area contributed by atoms with Gasteiger partial charge in [-0.05, 0) is 30.7 Å². The van der Waals surface area contributed by atoms with Gasteiger partial charge in [-0.15, -0.1) is 5.10 Å². The van der Waals surface area contributed by atoms with Crippen molar-refractivity contribution in [2.24, 2.45) is 0 Å². The zero-order chi connectivity index (χ0) is 19.3. The summed E-state index contributed by atoms with van der Waals surface area (Å²) in [5.41, 5.74) is 2.29. The number of para-hydroxylation sites is 2. The highest BCUT2D eigenvalue weighted by molar-refractivity contribution is 5.77. The number of aryl methyl sites for hydroxylation is 2. The summed E-state index contributed by atoms with van der Waals surface area (Å²) in [6, 6.07) is 14.9. The first kappa shape index (κ1) is 17.8. The number of fused-ring (bicyclic) bond motifs is 2. The molecule has 0 fully saturated rings. The first-order chi connectivity index (χ1) is 13.7. The van der Waals surface area contributed by atoms with Gasteiger partial charge in [0.25, 0.3) is 5.56 Å². The van der Waals surface area contributed by atoms with Gasteiger partial charge in [-0.2, -0.15) is 0 Å². The van der Waals surface area contributed by atoms with E-state index in [1.54, 1.807) is 24.3 Å². The average Bonchev–Trinajstić information content (AvgIpc) is 3.14. The monoisotopic (exact) mass is 376 g/mol. The Hall–Kier alpha value is -3.55. The molecule has 0 unspecified atom stereocenters. The highest BCUT2D eigenvalue weighted by Gasteiger charge is 2.08. The first-order valence-electron chi connectivity index (χ1n) is 9.23. The SMILES string of the molecule is O=C(CCn1nnc2ccccc2c1=O)NCCCc1nc2ccccc2[nH]1. The van der Waals surface area contributed by atoms with Gasteiger partial charge >= 0.3 is 0 Å². The summed E-state index contributed by atoms with van der Waals surface area (Å²) in [6.07, 6.45) is 1.71. The van der Waals surface area contributed by atoms with Crippen LogP contribution in [0.1, 0.15) is 18.7 Å². The van der Waals surface area contributed by atoms with Crippen LogP contribution in [0, 0.1) is 0 Å². The standard InChI is InChI=1S/C20H20N6O2/c27-19(11-13-26-20(28)14-6-1-2-7-15(14)24-25-26)21-12-5-10-18-22-16-8-3-4-9-17(16)23-18/h1-4,6-9H,5,10-13H2,(H,21,27)(H,22,23). The molecule has 2 aromatic heterocycles. The molecule has 0 radical (unpaired) electrons. The number of aromatic amines is 1. The van der Waals surface area contributed by atoms with Crippen molar-refractivity contribution in [3.8, 4) is 0 Å². The summed E-state index contributed by atoms with van der Waals surface area (Å²) in [7, 11) is 0. The number of aromatic nitrogens is 5.